The highest BCUT2D eigenvalue weighted by atomic mass is 16.5. The topological polar surface area (TPSA) is 26.3 Å². The van der Waals surface area contributed by atoms with Gasteiger partial charge < -0.3 is 4.74 Å². The van der Waals surface area contributed by atoms with Crippen LogP contribution in [-0.4, -0.2) is 12.6 Å². The first-order chi connectivity index (χ1) is 13.2. The molecule has 2 nitrogen and oxygen atoms in total. The van der Waals surface area contributed by atoms with Crippen molar-refractivity contribution < 1.29 is 9.53 Å². The molecule has 0 N–H and O–H groups in total. The zero-order valence-electron chi connectivity index (χ0n) is 18.2. The zero-order chi connectivity index (χ0) is 19.7. The van der Waals surface area contributed by atoms with E-state index in [9.17, 15) is 4.79 Å². The molecule has 0 aromatic heterocycles. The van der Waals surface area contributed by atoms with Crippen molar-refractivity contribution in [2.75, 3.05) is 6.61 Å². The first-order valence-electron chi connectivity index (χ1n) is 11.5. The van der Waals surface area contributed by atoms with E-state index in [1.54, 1.807) is 0 Å². The van der Waals surface area contributed by atoms with Crippen LogP contribution in [0.4, 0.5) is 0 Å². The lowest BCUT2D eigenvalue weighted by Crippen LogP contribution is -2.06. The van der Waals surface area contributed by atoms with Crippen LogP contribution in [0, 0.1) is 0 Å². The van der Waals surface area contributed by atoms with Crippen LogP contribution in [0.3, 0.4) is 0 Å². The number of esters is 1. The molecule has 0 saturated carbocycles. The summed E-state index contributed by atoms with van der Waals surface area (Å²) in [6, 6.07) is 6.22. The molecule has 27 heavy (non-hydrogen) atoms. The number of ether oxygens (including phenoxy) is 1. The van der Waals surface area contributed by atoms with Gasteiger partial charge in [0, 0.05) is 0 Å². The molecule has 154 valence electrons. The molecule has 0 aliphatic carbocycles. The fourth-order valence-electron chi connectivity index (χ4n) is 3.64. The molecule has 0 heterocycles. The minimum Gasteiger partial charge on any atom is -0.462 e. The maximum absolute atomic E-state index is 12.1. The Labute approximate surface area is 168 Å². The minimum atomic E-state index is -0.187. The fraction of sp³-hybridized carbons (Fsp3) is 0.720. The van der Waals surface area contributed by atoms with Gasteiger partial charge in [0.2, 0.25) is 0 Å². The smallest absolute Gasteiger partial charge is 0.338 e. The van der Waals surface area contributed by atoms with Gasteiger partial charge in [0.05, 0.1) is 12.2 Å². The standard InChI is InChI=1S/C25H42O2/c1-4-7-9-11-13-15-17-22-19-20-24(25(26)27-6-3)21-23(22)18-16-14-12-10-8-5-2/h19-21H,4-18H2,1-3H3. The first-order valence-corrected chi connectivity index (χ1v) is 11.5. The lowest BCUT2D eigenvalue weighted by Gasteiger charge is -2.12. The predicted octanol–water partition coefficient (Wildman–Crippen LogP) is 7.67. The normalized spacial score (nSPS) is 10.9. The second kappa shape index (κ2) is 15.7. The van der Waals surface area contributed by atoms with Gasteiger partial charge in [0.25, 0.3) is 0 Å². The average Bonchev–Trinajstić information content (AvgIpc) is 2.68. The average molecular weight is 375 g/mol. The van der Waals surface area contributed by atoms with Gasteiger partial charge in [0.15, 0.2) is 0 Å². The Balaban J connectivity index is 2.59. The molecular weight excluding hydrogens is 332 g/mol. The van der Waals surface area contributed by atoms with Crippen molar-refractivity contribution >= 4 is 5.97 Å². The van der Waals surface area contributed by atoms with Crippen LogP contribution < -0.4 is 0 Å². The SMILES string of the molecule is CCCCCCCCc1ccc(C(=O)OCC)cc1CCCCCCCC. The lowest BCUT2D eigenvalue weighted by molar-refractivity contribution is 0.0526. The Kier molecular flexibility index (Phi) is 13.8. The number of hydrogen-bond donors (Lipinski definition) is 0. The molecule has 0 spiro atoms. The highest BCUT2D eigenvalue weighted by molar-refractivity contribution is 5.89. The molecule has 0 radical (unpaired) electrons. The van der Waals surface area contributed by atoms with Crippen molar-refractivity contribution in [2.45, 2.75) is 111 Å². The van der Waals surface area contributed by atoms with Crippen molar-refractivity contribution in [1.29, 1.82) is 0 Å². The summed E-state index contributed by atoms with van der Waals surface area (Å²) in [5.41, 5.74) is 3.52. The van der Waals surface area contributed by atoms with Gasteiger partial charge in [-0.2, -0.15) is 0 Å². The second-order valence-electron chi connectivity index (χ2n) is 7.74. The van der Waals surface area contributed by atoms with E-state index in [4.69, 9.17) is 4.74 Å². The summed E-state index contributed by atoms with van der Waals surface area (Å²) in [6.07, 6.45) is 18.0. The molecule has 0 bridgehead atoms. The third-order valence-corrected chi connectivity index (χ3v) is 5.32. The van der Waals surface area contributed by atoms with Crippen LogP contribution in [0.15, 0.2) is 18.2 Å². The van der Waals surface area contributed by atoms with Gasteiger partial charge in [-0.1, -0.05) is 84.1 Å². The summed E-state index contributed by atoms with van der Waals surface area (Å²) < 4.78 is 5.19. The Bertz CT molecular complexity index is 507. The summed E-state index contributed by atoms with van der Waals surface area (Å²) in [7, 11) is 0. The van der Waals surface area contributed by atoms with Gasteiger partial charge in [-0.25, -0.2) is 4.79 Å². The van der Waals surface area contributed by atoms with E-state index in [1.165, 1.54) is 88.2 Å². The molecule has 0 saturated heterocycles. The third-order valence-electron chi connectivity index (χ3n) is 5.32. The van der Waals surface area contributed by atoms with Gasteiger partial charge in [-0.3, -0.25) is 0 Å². The molecule has 1 rings (SSSR count). The number of carbonyl (C=O) groups excluding carboxylic acids is 1. The summed E-state index contributed by atoms with van der Waals surface area (Å²) in [6.45, 7) is 6.82. The van der Waals surface area contributed by atoms with Crippen LogP contribution in [0.25, 0.3) is 0 Å². The number of rotatable bonds is 16. The monoisotopic (exact) mass is 374 g/mol. The van der Waals surface area contributed by atoms with E-state index < -0.39 is 0 Å². The fourth-order valence-corrected chi connectivity index (χ4v) is 3.64. The number of hydrogen-bond acceptors (Lipinski definition) is 2. The summed E-state index contributed by atoms with van der Waals surface area (Å²) in [4.78, 5) is 12.1. The molecule has 0 atom stereocenters. The molecular formula is C25H42O2. The molecule has 0 aliphatic heterocycles. The van der Waals surface area contributed by atoms with Gasteiger partial charge in [0.1, 0.15) is 0 Å². The number of benzene rings is 1. The van der Waals surface area contributed by atoms with Gasteiger partial charge >= 0.3 is 5.97 Å². The van der Waals surface area contributed by atoms with E-state index in [0.29, 0.717) is 12.2 Å². The second-order valence-corrected chi connectivity index (χ2v) is 7.74. The van der Waals surface area contributed by atoms with Crippen molar-refractivity contribution in [3.05, 3.63) is 34.9 Å². The highest BCUT2D eigenvalue weighted by Crippen LogP contribution is 2.20. The quantitative estimate of drug-likeness (QED) is 0.219. The molecule has 0 aliphatic rings. The van der Waals surface area contributed by atoms with Gasteiger partial charge in [-0.15, -0.1) is 0 Å². The Morgan fingerprint density at radius 2 is 1.22 bits per heavy atom. The van der Waals surface area contributed by atoms with E-state index in [2.05, 4.69) is 26.0 Å². The first kappa shape index (κ1) is 23.7. The van der Waals surface area contributed by atoms with Crippen molar-refractivity contribution in [3.63, 3.8) is 0 Å². The van der Waals surface area contributed by atoms with Crippen molar-refractivity contribution in [1.82, 2.24) is 0 Å². The van der Waals surface area contributed by atoms with Crippen LogP contribution in [0.5, 0.6) is 0 Å². The zero-order valence-corrected chi connectivity index (χ0v) is 18.2. The molecule has 2 heteroatoms. The van der Waals surface area contributed by atoms with E-state index in [0.717, 1.165) is 12.8 Å². The van der Waals surface area contributed by atoms with Crippen LogP contribution in [0.2, 0.25) is 0 Å². The van der Waals surface area contributed by atoms with Crippen molar-refractivity contribution in [3.8, 4) is 0 Å². The largest absolute Gasteiger partial charge is 0.462 e. The Morgan fingerprint density at radius 1 is 0.704 bits per heavy atom. The Morgan fingerprint density at radius 3 is 1.78 bits per heavy atom. The molecule has 0 unspecified atom stereocenters. The summed E-state index contributed by atoms with van der Waals surface area (Å²) >= 11 is 0. The number of aryl methyl sites for hydroxylation is 2. The van der Waals surface area contributed by atoms with E-state index >= 15 is 0 Å². The molecule has 1 aromatic carbocycles. The maximum atomic E-state index is 12.1. The summed E-state index contributed by atoms with van der Waals surface area (Å²) in [5.74, 6) is -0.187. The Hall–Kier alpha value is -1.31. The molecule has 1 aromatic rings. The molecule has 0 fully saturated rings. The number of unbranched alkanes of at least 4 members (excludes halogenated alkanes) is 10. The highest BCUT2D eigenvalue weighted by Gasteiger charge is 2.10. The van der Waals surface area contributed by atoms with Crippen LogP contribution in [-0.2, 0) is 17.6 Å². The summed E-state index contributed by atoms with van der Waals surface area (Å²) in [5, 5.41) is 0. The van der Waals surface area contributed by atoms with E-state index in [-0.39, 0.29) is 5.97 Å². The van der Waals surface area contributed by atoms with Crippen LogP contribution >= 0.6 is 0 Å². The molecule has 0 amide bonds. The number of carbonyl (C=O) groups is 1. The van der Waals surface area contributed by atoms with Crippen LogP contribution in [0.1, 0.15) is 119 Å². The maximum Gasteiger partial charge on any atom is 0.338 e. The van der Waals surface area contributed by atoms with Gasteiger partial charge in [-0.05, 0) is 55.9 Å². The lowest BCUT2D eigenvalue weighted by atomic mass is 9.94. The minimum absolute atomic E-state index is 0.187. The van der Waals surface area contributed by atoms with E-state index in [1.807, 2.05) is 13.0 Å². The predicted molar refractivity (Wildman–Crippen MR) is 117 cm³/mol. The van der Waals surface area contributed by atoms with Crippen molar-refractivity contribution in [2.24, 2.45) is 0 Å². The third kappa shape index (κ3) is 10.6.